The molecule has 202 valence electrons. The van der Waals surface area contributed by atoms with Crippen molar-refractivity contribution in [2.24, 2.45) is 0 Å². The molecule has 0 saturated carbocycles. The van der Waals surface area contributed by atoms with E-state index in [1.165, 1.54) is 72.2 Å². The molecular formula is C40H37N. The first-order valence-electron chi connectivity index (χ1n) is 14.8. The third-order valence-corrected chi connectivity index (χ3v) is 9.42. The van der Waals surface area contributed by atoms with E-state index in [0.717, 1.165) is 6.42 Å². The second kappa shape index (κ2) is 9.63. The zero-order valence-electron chi connectivity index (χ0n) is 24.7. The highest BCUT2D eigenvalue weighted by Gasteiger charge is 2.38. The van der Waals surface area contributed by atoms with Gasteiger partial charge in [0.15, 0.2) is 0 Å². The van der Waals surface area contributed by atoms with Gasteiger partial charge in [0.25, 0.3) is 0 Å². The second-order valence-electron chi connectivity index (χ2n) is 12.3. The first-order valence-corrected chi connectivity index (χ1v) is 14.8. The van der Waals surface area contributed by atoms with Crippen LogP contribution in [0.4, 0.5) is 11.4 Å². The number of hydrogen-bond acceptors (Lipinski definition) is 1. The van der Waals surface area contributed by atoms with Crippen molar-refractivity contribution in [2.75, 3.05) is 4.90 Å². The van der Waals surface area contributed by atoms with E-state index in [0.29, 0.717) is 0 Å². The van der Waals surface area contributed by atoms with Crippen LogP contribution in [0.2, 0.25) is 0 Å². The average Bonchev–Trinajstić information content (AvgIpc) is 3.21. The van der Waals surface area contributed by atoms with Crippen molar-refractivity contribution in [3.05, 3.63) is 149 Å². The molecule has 0 aliphatic heterocycles. The van der Waals surface area contributed by atoms with Crippen LogP contribution >= 0.6 is 0 Å². The SMILES string of the molecule is CC1=C(c2ccccc2C)C=CCC1N(c1ccccc1)c1cc2c(c3ccccc13)-c1ccc(C)cc1C2(C)C. The van der Waals surface area contributed by atoms with Gasteiger partial charge < -0.3 is 4.90 Å². The first kappa shape index (κ1) is 25.6. The minimum Gasteiger partial charge on any atom is -0.333 e. The van der Waals surface area contributed by atoms with Gasteiger partial charge in [-0.25, -0.2) is 0 Å². The van der Waals surface area contributed by atoms with Crippen LogP contribution in [0, 0.1) is 13.8 Å². The minimum absolute atomic E-state index is 0.0819. The molecular weight excluding hydrogens is 494 g/mol. The molecule has 0 fully saturated rings. The summed E-state index contributed by atoms with van der Waals surface area (Å²) in [6, 6.07) is 38.5. The molecule has 41 heavy (non-hydrogen) atoms. The summed E-state index contributed by atoms with van der Waals surface area (Å²) in [7, 11) is 0. The number of rotatable bonds is 4. The Kier molecular flexibility index (Phi) is 6.01. The van der Waals surface area contributed by atoms with Gasteiger partial charge in [0.2, 0.25) is 0 Å². The summed E-state index contributed by atoms with van der Waals surface area (Å²) in [6.45, 7) is 11.6. The molecule has 5 aromatic carbocycles. The molecule has 1 atom stereocenters. The molecule has 0 amide bonds. The maximum atomic E-state index is 2.62. The average molecular weight is 532 g/mol. The van der Waals surface area contributed by atoms with E-state index in [2.05, 4.69) is 155 Å². The molecule has 7 rings (SSSR count). The van der Waals surface area contributed by atoms with Crippen molar-refractivity contribution < 1.29 is 0 Å². The monoisotopic (exact) mass is 531 g/mol. The predicted octanol–water partition coefficient (Wildman–Crippen LogP) is 10.7. The third kappa shape index (κ3) is 3.98. The topological polar surface area (TPSA) is 3.24 Å². The van der Waals surface area contributed by atoms with Crippen LogP contribution in [-0.2, 0) is 5.41 Å². The molecule has 0 N–H and O–H groups in total. The molecule has 0 saturated heterocycles. The summed E-state index contributed by atoms with van der Waals surface area (Å²) in [5.74, 6) is 0. The van der Waals surface area contributed by atoms with E-state index in [-0.39, 0.29) is 11.5 Å². The van der Waals surface area contributed by atoms with Crippen LogP contribution in [-0.4, -0.2) is 6.04 Å². The molecule has 1 heteroatoms. The fourth-order valence-corrected chi connectivity index (χ4v) is 7.23. The summed E-state index contributed by atoms with van der Waals surface area (Å²) < 4.78 is 0. The highest BCUT2D eigenvalue weighted by Crippen LogP contribution is 2.54. The second-order valence-corrected chi connectivity index (χ2v) is 12.3. The van der Waals surface area contributed by atoms with Gasteiger partial charge in [0.1, 0.15) is 0 Å². The van der Waals surface area contributed by atoms with Gasteiger partial charge in [-0.3, -0.25) is 0 Å². The van der Waals surface area contributed by atoms with Crippen molar-refractivity contribution in [1.82, 2.24) is 0 Å². The minimum atomic E-state index is -0.0819. The number of benzene rings is 5. The number of fused-ring (bicyclic) bond motifs is 5. The van der Waals surface area contributed by atoms with Gasteiger partial charge >= 0.3 is 0 Å². The largest absolute Gasteiger partial charge is 0.333 e. The van der Waals surface area contributed by atoms with Crippen molar-refractivity contribution in [3.8, 4) is 11.1 Å². The van der Waals surface area contributed by atoms with Gasteiger partial charge in [-0.15, -0.1) is 0 Å². The summed E-state index contributed by atoms with van der Waals surface area (Å²) in [4.78, 5) is 2.62. The van der Waals surface area contributed by atoms with Gasteiger partial charge in [-0.1, -0.05) is 116 Å². The molecule has 1 nitrogen and oxygen atoms in total. The van der Waals surface area contributed by atoms with E-state index in [9.17, 15) is 0 Å². The maximum absolute atomic E-state index is 2.62. The Labute approximate surface area is 244 Å². The van der Waals surface area contributed by atoms with Crippen molar-refractivity contribution in [2.45, 2.75) is 52.5 Å². The smallest absolute Gasteiger partial charge is 0.0592 e. The summed E-state index contributed by atoms with van der Waals surface area (Å²) in [5, 5.41) is 2.64. The van der Waals surface area contributed by atoms with E-state index in [1.54, 1.807) is 0 Å². The van der Waals surface area contributed by atoms with Crippen LogP contribution in [0.15, 0.2) is 121 Å². The fourth-order valence-electron chi connectivity index (χ4n) is 7.23. The van der Waals surface area contributed by atoms with Crippen LogP contribution in [0.3, 0.4) is 0 Å². The van der Waals surface area contributed by atoms with Gasteiger partial charge in [-0.2, -0.15) is 0 Å². The molecule has 5 aromatic rings. The zero-order valence-corrected chi connectivity index (χ0v) is 24.7. The Morgan fingerprint density at radius 2 is 1.39 bits per heavy atom. The molecule has 0 heterocycles. The molecule has 2 aliphatic carbocycles. The van der Waals surface area contributed by atoms with E-state index in [1.807, 2.05) is 0 Å². The Balaban J connectivity index is 1.51. The standard InChI is InChI=1S/C40H37N/c1-26-22-23-34-35(24-26)40(4,5)36-25-38(32-18-11-12-19-33(32)39(34)36)41(29-15-7-6-8-16-29)37-21-13-20-31(28(37)3)30-17-10-9-14-27(30)2/h6-20,22-25,37H,21H2,1-5H3. The Bertz CT molecular complexity index is 1870. The highest BCUT2D eigenvalue weighted by atomic mass is 15.2. The lowest BCUT2D eigenvalue weighted by Gasteiger charge is -2.38. The van der Waals surface area contributed by atoms with Crippen molar-refractivity contribution in [1.29, 1.82) is 0 Å². The van der Waals surface area contributed by atoms with Crippen LogP contribution in [0.25, 0.3) is 27.5 Å². The van der Waals surface area contributed by atoms with Crippen LogP contribution in [0.1, 0.15) is 55.0 Å². The number of para-hydroxylation sites is 1. The number of nitrogens with zero attached hydrogens (tertiary/aromatic N) is 1. The Morgan fingerprint density at radius 3 is 2.17 bits per heavy atom. The molecule has 1 unspecified atom stereocenters. The van der Waals surface area contributed by atoms with E-state index < -0.39 is 0 Å². The van der Waals surface area contributed by atoms with E-state index in [4.69, 9.17) is 0 Å². The van der Waals surface area contributed by atoms with Gasteiger partial charge in [0.05, 0.1) is 6.04 Å². The molecule has 0 aromatic heterocycles. The molecule has 0 spiro atoms. The Morgan fingerprint density at radius 1 is 0.683 bits per heavy atom. The summed E-state index contributed by atoms with van der Waals surface area (Å²) in [5.41, 5.74) is 14.8. The van der Waals surface area contributed by atoms with E-state index >= 15 is 0 Å². The van der Waals surface area contributed by atoms with Crippen LogP contribution in [0.5, 0.6) is 0 Å². The van der Waals surface area contributed by atoms with Crippen LogP contribution < -0.4 is 4.90 Å². The molecule has 2 aliphatic rings. The van der Waals surface area contributed by atoms with Crippen molar-refractivity contribution in [3.63, 3.8) is 0 Å². The lowest BCUT2D eigenvalue weighted by molar-refractivity contribution is 0.659. The lowest BCUT2D eigenvalue weighted by atomic mass is 9.81. The number of allylic oxidation sites excluding steroid dienone is 2. The maximum Gasteiger partial charge on any atom is 0.0592 e. The lowest BCUT2D eigenvalue weighted by Crippen LogP contribution is -2.34. The predicted molar refractivity (Wildman–Crippen MR) is 176 cm³/mol. The number of anilines is 2. The third-order valence-electron chi connectivity index (χ3n) is 9.42. The first-order chi connectivity index (χ1) is 19.9. The van der Waals surface area contributed by atoms with Gasteiger partial charge in [0, 0.05) is 22.2 Å². The summed E-state index contributed by atoms with van der Waals surface area (Å²) >= 11 is 0. The van der Waals surface area contributed by atoms with Crippen molar-refractivity contribution >= 4 is 27.7 Å². The number of hydrogen-bond donors (Lipinski definition) is 0. The van der Waals surface area contributed by atoms with Gasteiger partial charge in [-0.05, 0) is 95.3 Å². The Hall–Kier alpha value is -4.36. The molecule has 0 radical (unpaired) electrons. The fraction of sp³-hybridized carbons (Fsp3) is 0.200. The summed E-state index contributed by atoms with van der Waals surface area (Å²) in [6.07, 6.45) is 5.66. The number of aryl methyl sites for hydroxylation is 2. The zero-order chi connectivity index (χ0) is 28.3. The highest BCUT2D eigenvalue weighted by molar-refractivity contribution is 6.09. The normalized spacial score (nSPS) is 17.0. The quantitative estimate of drug-likeness (QED) is 0.223. The molecule has 0 bridgehead atoms.